The van der Waals surface area contributed by atoms with Crippen molar-refractivity contribution in [3.05, 3.63) is 59.4 Å². The number of halogens is 3. The maximum atomic E-state index is 13.7. The molecule has 0 bridgehead atoms. The molecule has 3 rings (SSSR count). The molecule has 2 N–H and O–H groups in total. The van der Waals surface area contributed by atoms with Crippen molar-refractivity contribution in [1.82, 2.24) is 5.32 Å². The van der Waals surface area contributed by atoms with Gasteiger partial charge in [-0.2, -0.15) is 0 Å². The molecule has 8 heteroatoms. The van der Waals surface area contributed by atoms with Gasteiger partial charge in [0.05, 0.1) is 12.8 Å². The largest absolute Gasteiger partial charge is 0.497 e. The minimum atomic E-state index is -1.68. The van der Waals surface area contributed by atoms with Crippen LogP contribution in [0.25, 0.3) is 0 Å². The molecule has 2 amide bonds. The first-order valence-corrected chi connectivity index (χ1v) is 8.73. The molecule has 0 aromatic heterocycles. The monoisotopic (exact) mass is 392 g/mol. The molecule has 1 aliphatic carbocycles. The van der Waals surface area contributed by atoms with Gasteiger partial charge < -0.3 is 15.4 Å². The van der Waals surface area contributed by atoms with Gasteiger partial charge in [-0.15, -0.1) is 0 Å². The van der Waals surface area contributed by atoms with E-state index < -0.39 is 40.4 Å². The van der Waals surface area contributed by atoms with Crippen molar-refractivity contribution >= 4 is 17.5 Å². The van der Waals surface area contributed by atoms with E-state index in [0.717, 1.165) is 11.6 Å². The third-order valence-electron chi connectivity index (χ3n) is 4.74. The summed E-state index contributed by atoms with van der Waals surface area (Å²) in [6.07, 6.45) is 1.14. The zero-order chi connectivity index (χ0) is 20.3. The number of hydrogen-bond acceptors (Lipinski definition) is 3. The van der Waals surface area contributed by atoms with E-state index in [0.29, 0.717) is 37.6 Å². The van der Waals surface area contributed by atoms with Gasteiger partial charge in [-0.1, -0.05) is 12.1 Å². The van der Waals surface area contributed by atoms with Crippen LogP contribution in [0.15, 0.2) is 36.4 Å². The van der Waals surface area contributed by atoms with Gasteiger partial charge >= 0.3 is 0 Å². The Morgan fingerprint density at radius 1 is 1.07 bits per heavy atom. The number of carbonyl (C=O) groups excluding carboxylic acids is 2. The summed E-state index contributed by atoms with van der Waals surface area (Å²) in [5, 5.41) is 4.89. The minimum absolute atomic E-state index is 0.301. The molecule has 1 fully saturated rings. The number of rotatable bonds is 7. The lowest BCUT2D eigenvalue weighted by Crippen LogP contribution is -2.40. The van der Waals surface area contributed by atoms with Crippen LogP contribution in [0.2, 0.25) is 0 Å². The molecule has 0 saturated heterocycles. The molecule has 2 aromatic rings. The summed E-state index contributed by atoms with van der Waals surface area (Å²) in [7, 11) is 1.56. The van der Waals surface area contributed by atoms with Crippen molar-refractivity contribution in [3.8, 4) is 5.75 Å². The van der Waals surface area contributed by atoms with Crippen molar-refractivity contribution < 1.29 is 27.5 Å². The molecule has 5 nitrogen and oxygen atoms in total. The lowest BCUT2D eigenvalue weighted by molar-refractivity contribution is -0.134. The maximum Gasteiger partial charge on any atom is 0.240 e. The smallest absolute Gasteiger partial charge is 0.240 e. The Morgan fingerprint density at radius 2 is 1.82 bits per heavy atom. The number of benzene rings is 2. The van der Waals surface area contributed by atoms with Crippen LogP contribution in [0.1, 0.15) is 18.4 Å². The topological polar surface area (TPSA) is 67.4 Å². The highest BCUT2D eigenvalue weighted by molar-refractivity contribution is 6.13. The fourth-order valence-corrected chi connectivity index (χ4v) is 2.86. The van der Waals surface area contributed by atoms with Crippen LogP contribution in [0.4, 0.5) is 18.9 Å². The minimum Gasteiger partial charge on any atom is -0.497 e. The quantitative estimate of drug-likeness (QED) is 0.562. The molecule has 0 unspecified atom stereocenters. The number of amides is 2. The molecular formula is C20H19F3N2O3. The number of anilines is 1. The summed E-state index contributed by atoms with van der Waals surface area (Å²) < 4.78 is 45.2. The zero-order valence-electron chi connectivity index (χ0n) is 15.2. The molecule has 0 spiro atoms. The average Bonchev–Trinajstić information content (AvgIpc) is 3.50. The molecule has 2 aromatic carbocycles. The summed E-state index contributed by atoms with van der Waals surface area (Å²) >= 11 is 0. The average molecular weight is 392 g/mol. The van der Waals surface area contributed by atoms with Crippen LogP contribution < -0.4 is 15.4 Å². The number of hydrogen-bond donors (Lipinski definition) is 2. The van der Waals surface area contributed by atoms with Gasteiger partial charge in [0.1, 0.15) is 11.2 Å². The Balaban J connectivity index is 1.59. The van der Waals surface area contributed by atoms with Crippen LogP contribution >= 0.6 is 0 Å². The van der Waals surface area contributed by atoms with Crippen molar-refractivity contribution in [2.75, 3.05) is 19.0 Å². The lowest BCUT2D eigenvalue weighted by atomic mass is 10.0. The molecule has 28 heavy (non-hydrogen) atoms. The van der Waals surface area contributed by atoms with Crippen LogP contribution in [-0.4, -0.2) is 25.5 Å². The third kappa shape index (κ3) is 3.95. The molecule has 0 atom stereocenters. The number of carbonyl (C=O) groups is 2. The summed E-state index contributed by atoms with van der Waals surface area (Å²) in [6, 6.07) is 9.01. The zero-order valence-corrected chi connectivity index (χ0v) is 15.2. The Bertz CT molecular complexity index is 914. The number of ether oxygens (including phenoxy) is 1. The fraction of sp³-hybridized carbons (Fsp3) is 0.300. The van der Waals surface area contributed by atoms with E-state index in [1.807, 2.05) is 24.3 Å². The second kappa shape index (κ2) is 7.92. The predicted octanol–water partition coefficient (Wildman–Crippen LogP) is 3.19. The Kier molecular flexibility index (Phi) is 5.58. The van der Waals surface area contributed by atoms with E-state index in [1.54, 1.807) is 7.11 Å². The van der Waals surface area contributed by atoms with E-state index in [1.165, 1.54) is 0 Å². The highest BCUT2D eigenvalue weighted by atomic mass is 19.2. The maximum absolute atomic E-state index is 13.7. The molecule has 148 valence electrons. The first-order valence-electron chi connectivity index (χ1n) is 8.73. The van der Waals surface area contributed by atoms with Gasteiger partial charge in [-0.05, 0) is 49.1 Å². The highest BCUT2D eigenvalue weighted by Crippen LogP contribution is 2.47. The number of nitrogens with one attached hydrogen (secondary N) is 2. The fourth-order valence-electron chi connectivity index (χ4n) is 2.86. The van der Waals surface area contributed by atoms with Crippen LogP contribution in [-0.2, 0) is 16.0 Å². The molecule has 1 aliphatic rings. The van der Waals surface area contributed by atoms with E-state index in [-0.39, 0.29) is 0 Å². The Hall–Kier alpha value is -3.03. The predicted molar refractivity (Wildman–Crippen MR) is 96.3 cm³/mol. The summed E-state index contributed by atoms with van der Waals surface area (Å²) in [5.41, 5.74) is -0.858. The van der Waals surface area contributed by atoms with E-state index in [2.05, 4.69) is 10.6 Å². The first-order chi connectivity index (χ1) is 13.4. The third-order valence-corrected chi connectivity index (χ3v) is 4.74. The number of methoxy groups -OCH3 is 1. The standard InChI is InChI=1S/C20H19F3N2O3/c1-28-13-4-2-3-12(11-13)7-10-24-18(26)20(8-9-20)19(27)25-15-6-5-14(21)16(22)17(15)23/h2-6,11H,7-10H2,1H3,(H,24,26)(H,25,27). The van der Waals surface area contributed by atoms with Gasteiger partial charge in [-0.25, -0.2) is 13.2 Å². The van der Waals surface area contributed by atoms with Crippen molar-refractivity contribution in [2.24, 2.45) is 5.41 Å². The highest BCUT2D eigenvalue weighted by Gasteiger charge is 2.56. The van der Waals surface area contributed by atoms with Gasteiger partial charge in [0, 0.05) is 6.54 Å². The van der Waals surface area contributed by atoms with Crippen molar-refractivity contribution in [2.45, 2.75) is 19.3 Å². The normalized spacial score (nSPS) is 14.3. The second-order valence-electron chi connectivity index (χ2n) is 6.62. The van der Waals surface area contributed by atoms with E-state index in [4.69, 9.17) is 4.74 Å². The van der Waals surface area contributed by atoms with Crippen molar-refractivity contribution in [3.63, 3.8) is 0 Å². The Labute approximate surface area is 159 Å². The van der Waals surface area contributed by atoms with Gasteiger partial charge in [0.2, 0.25) is 11.8 Å². The SMILES string of the molecule is COc1cccc(CCNC(=O)C2(C(=O)Nc3ccc(F)c(F)c3F)CC2)c1. The van der Waals surface area contributed by atoms with Gasteiger partial charge in [0.15, 0.2) is 17.5 Å². The molecule has 0 aliphatic heterocycles. The molecule has 0 heterocycles. The van der Waals surface area contributed by atoms with Crippen LogP contribution in [0.5, 0.6) is 5.75 Å². The van der Waals surface area contributed by atoms with Crippen LogP contribution in [0, 0.1) is 22.9 Å². The lowest BCUT2D eigenvalue weighted by Gasteiger charge is -2.16. The van der Waals surface area contributed by atoms with Gasteiger partial charge in [0.25, 0.3) is 0 Å². The summed E-state index contributed by atoms with van der Waals surface area (Å²) in [5.74, 6) is -5.04. The molecule has 1 saturated carbocycles. The second-order valence-corrected chi connectivity index (χ2v) is 6.62. The van der Waals surface area contributed by atoms with Gasteiger partial charge in [-0.3, -0.25) is 9.59 Å². The van der Waals surface area contributed by atoms with E-state index >= 15 is 0 Å². The Morgan fingerprint density at radius 3 is 2.50 bits per heavy atom. The van der Waals surface area contributed by atoms with Crippen molar-refractivity contribution in [1.29, 1.82) is 0 Å². The van der Waals surface area contributed by atoms with E-state index in [9.17, 15) is 22.8 Å². The van der Waals surface area contributed by atoms with Crippen LogP contribution in [0.3, 0.4) is 0 Å². The summed E-state index contributed by atoms with van der Waals surface area (Å²) in [6.45, 7) is 0.306. The first kappa shape index (κ1) is 19.7. The summed E-state index contributed by atoms with van der Waals surface area (Å²) in [4.78, 5) is 24.9. The molecule has 0 radical (unpaired) electrons. The molecular weight excluding hydrogens is 373 g/mol.